The fourth-order valence-corrected chi connectivity index (χ4v) is 2.23. The van der Waals surface area contributed by atoms with E-state index in [1.54, 1.807) is 12.3 Å². The molecule has 3 N–H and O–H groups in total. The van der Waals surface area contributed by atoms with Gasteiger partial charge in [0.1, 0.15) is 11.8 Å². The quantitative estimate of drug-likeness (QED) is 0.874. The molecule has 90 valence electrons. The minimum atomic E-state index is -0.618. The maximum atomic E-state index is 11.9. The van der Waals surface area contributed by atoms with Crippen LogP contribution in [0.3, 0.4) is 0 Å². The van der Waals surface area contributed by atoms with Crippen LogP contribution in [0.4, 0.5) is 0 Å². The van der Waals surface area contributed by atoms with Gasteiger partial charge in [0, 0.05) is 4.88 Å². The minimum absolute atomic E-state index is 0.177. The van der Waals surface area contributed by atoms with Crippen LogP contribution in [-0.4, -0.2) is 5.91 Å². The van der Waals surface area contributed by atoms with Gasteiger partial charge in [-0.05, 0) is 30.5 Å². The topological polar surface area (TPSA) is 68.3 Å². The van der Waals surface area contributed by atoms with E-state index < -0.39 is 6.04 Å². The highest BCUT2D eigenvalue weighted by molar-refractivity contribution is 7.10. The molecule has 0 spiro atoms. The molecule has 2 unspecified atom stereocenters. The number of nitrogens with one attached hydrogen (secondary N) is 1. The van der Waals surface area contributed by atoms with Gasteiger partial charge in [-0.1, -0.05) is 6.07 Å². The van der Waals surface area contributed by atoms with Crippen molar-refractivity contribution in [3.8, 4) is 0 Å². The van der Waals surface area contributed by atoms with Crippen molar-refractivity contribution >= 4 is 17.2 Å². The van der Waals surface area contributed by atoms with Crippen molar-refractivity contribution < 1.29 is 9.21 Å². The first kappa shape index (κ1) is 11.9. The lowest BCUT2D eigenvalue weighted by atomic mass is 10.2. The van der Waals surface area contributed by atoms with Crippen molar-refractivity contribution in [1.29, 1.82) is 0 Å². The van der Waals surface area contributed by atoms with Crippen LogP contribution in [0.15, 0.2) is 40.3 Å². The summed E-state index contributed by atoms with van der Waals surface area (Å²) in [5, 5.41) is 4.72. The second-order valence-electron chi connectivity index (χ2n) is 3.74. The fourth-order valence-electron chi connectivity index (χ4n) is 1.51. The lowest BCUT2D eigenvalue weighted by molar-refractivity contribution is -0.123. The molecule has 0 aromatic carbocycles. The predicted molar refractivity (Wildman–Crippen MR) is 66.5 cm³/mol. The Bertz CT molecular complexity index is 465. The molecule has 0 saturated carbocycles. The summed E-state index contributed by atoms with van der Waals surface area (Å²) >= 11 is 1.47. The number of carbonyl (C=O) groups excluding carboxylic acids is 1. The molecule has 2 aromatic rings. The molecular formula is C12H14N2O2S. The van der Waals surface area contributed by atoms with E-state index >= 15 is 0 Å². The number of carbonyl (C=O) groups is 1. The van der Waals surface area contributed by atoms with Gasteiger partial charge in [-0.2, -0.15) is 0 Å². The largest absolute Gasteiger partial charge is 0.467 e. The molecule has 0 aliphatic carbocycles. The fraction of sp³-hybridized carbons (Fsp3) is 0.250. The predicted octanol–water partition coefficient (Wildman–Crippen LogP) is 2.22. The first-order valence-electron chi connectivity index (χ1n) is 5.31. The van der Waals surface area contributed by atoms with Crippen molar-refractivity contribution in [3.63, 3.8) is 0 Å². The van der Waals surface area contributed by atoms with E-state index in [4.69, 9.17) is 10.2 Å². The van der Waals surface area contributed by atoms with E-state index in [1.807, 2.05) is 30.5 Å². The van der Waals surface area contributed by atoms with Crippen LogP contribution < -0.4 is 11.1 Å². The molecule has 0 fully saturated rings. The number of nitrogens with two attached hydrogens (primary N) is 1. The Morgan fingerprint density at radius 2 is 2.29 bits per heavy atom. The Kier molecular flexibility index (Phi) is 3.61. The average molecular weight is 250 g/mol. The lowest BCUT2D eigenvalue weighted by Crippen LogP contribution is -2.35. The molecule has 0 bridgehead atoms. The zero-order chi connectivity index (χ0) is 12.3. The van der Waals surface area contributed by atoms with E-state index in [9.17, 15) is 4.79 Å². The summed E-state index contributed by atoms with van der Waals surface area (Å²) in [5.74, 6) is 0.521. The zero-order valence-electron chi connectivity index (χ0n) is 9.42. The number of rotatable bonds is 4. The van der Waals surface area contributed by atoms with Crippen LogP contribution in [0, 0.1) is 0 Å². The number of hydrogen-bond donors (Lipinski definition) is 2. The number of hydrogen-bond acceptors (Lipinski definition) is 4. The first-order valence-corrected chi connectivity index (χ1v) is 6.19. The van der Waals surface area contributed by atoms with E-state index in [-0.39, 0.29) is 11.9 Å². The highest BCUT2D eigenvalue weighted by Crippen LogP contribution is 2.19. The Hall–Kier alpha value is -1.59. The molecule has 0 aliphatic rings. The summed E-state index contributed by atoms with van der Waals surface area (Å²) in [6.45, 7) is 1.86. The molecule has 1 amide bonds. The summed E-state index contributed by atoms with van der Waals surface area (Å²) in [7, 11) is 0. The summed E-state index contributed by atoms with van der Waals surface area (Å²) in [5.41, 5.74) is 5.85. The molecular weight excluding hydrogens is 236 g/mol. The molecule has 0 aliphatic heterocycles. The van der Waals surface area contributed by atoms with E-state index in [0.29, 0.717) is 0 Å². The first-order chi connectivity index (χ1) is 8.18. The second kappa shape index (κ2) is 5.16. The van der Waals surface area contributed by atoms with Crippen molar-refractivity contribution in [2.75, 3.05) is 0 Å². The SMILES string of the molecule is CC(NC(=O)C(N)c1cccs1)c1ccco1. The maximum Gasteiger partial charge on any atom is 0.242 e. The Morgan fingerprint density at radius 1 is 1.47 bits per heavy atom. The summed E-state index contributed by atoms with van der Waals surface area (Å²) in [6.07, 6.45) is 1.58. The zero-order valence-corrected chi connectivity index (χ0v) is 10.2. The van der Waals surface area contributed by atoms with E-state index in [1.165, 1.54) is 11.3 Å². The van der Waals surface area contributed by atoms with Gasteiger partial charge in [0.15, 0.2) is 0 Å². The Morgan fingerprint density at radius 3 is 2.88 bits per heavy atom. The van der Waals surface area contributed by atoms with Crippen LogP contribution >= 0.6 is 11.3 Å². The van der Waals surface area contributed by atoms with Gasteiger partial charge in [-0.3, -0.25) is 4.79 Å². The summed E-state index contributed by atoms with van der Waals surface area (Å²) in [4.78, 5) is 12.7. The summed E-state index contributed by atoms with van der Waals surface area (Å²) < 4.78 is 5.21. The molecule has 2 heterocycles. The van der Waals surface area contributed by atoms with Gasteiger partial charge < -0.3 is 15.5 Å². The van der Waals surface area contributed by atoms with Gasteiger partial charge in [0.05, 0.1) is 12.3 Å². The van der Waals surface area contributed by atoms with Gasteiger partial charge in [-0.15, -0.1) is 11.3 Å². The van der Waals surface area contributed by atoms with Crippen molar-refractivity contribution in [3.05, 3.63) is 46.5 Å². The standard InChI is InChI=1S/C12H14N2O2S/c1-8(9-4-2-6-16-9)14-12(15)11(13)10-5-3-7-17-10/h2-8,11H,13H2,1H3,(H,14,15). The normalized spacial score (nSPS) is 14.2. The third kappa shape index (κ3) is 2.75. The molecule has 2 rings (SSSR count). The third-order valence-electron chi connectivity index (χ3n) is 2.46. The number of thiophene rings is 1. The second-order valence-corrected chi connectivity index (χ2v) is 4.72. The van der Waals surface area contributed by atoms with Crippen LogP contribution in [0.2, 0.25) is 0 Å². The average Bonchev–Trinajstić information content (AvgIpc) is 3.00. The highest BCUT2D eigenvalue weighted by atomic mass is 32.1. The van der Waals surface area contributed by atoms with Crippen LogP contribution in [0.25, 0.3) is 0 Å². The lowest BCUT2D eigenvalue weighted by Gasteiger charge is -2.15. The monoisotopic (exact) mass is 250 g/mol. The molecule has 0 saturated heterocycles. The van der Waals surface area contributed by atoms with E-state index in [0.717, 1.165) is 10.6 Å². The Labute approximate surface area is 103 Å². The molecule has 2 atom stereocenters. The third-order valence-corrected chi connectivity index (χ3v) is 3.42. The molecule has 4 nitrogen and oxygen atoms in total. The number of amides is 1. The van der Waals surface area contributed by atoms with Crippen molar-refractivity contribution in [2.45, 2.75) is 19.0 Å². The number of furan rings is 1. The highest BCUT2D eigenvalue weighted by Gasteiger charge is 2.19. The van der Waals surface area contributed by atoms with Crippen LogP contribution in [-0.2, 0) is 4.79 Å². The smallest absolute Gasteiger partial charge is 0.242 e. The Balaban J connectivity index is 1.98. The van der Waals surface area contributed by atoms with Gasteiger partial charge in [-0.25, -0.2) is 0 Å². The van der Waals surface area contributed by atoms with Crippen molar-refractivity contribution in [2.24, 2.45) is 5.73 Å². The van der Waals surface area contributed by atoms with E-state index in [2.05, 4.69) is 5.32 Å². The van der Waals surface area contributed by atoms with Crippen LogP contribution in [0.1, 0.15) is 29.6 Å². The molecule has 2 aromatic heterocycles. The van der Waals surface area contributed by atoms with Gasteiger partial charge in [0.25, 0.3) is 0 Å². The minimum Gasteiger partial charge on any atom is -0.467 e. The summed E-state index contributed by atoms with van der Waals surface area (Å²) in [6, 6.07) is 6.55. The van der Waals surface area contributed by atoms with Gasteiger partial charge >= 0.3 is 0 Å². The van der Waals surface area contributed by atoms with Gasteiger partial charge in [0.2, 0.25) is 5.91 Å². The van der Waals surface area contributed by atoms with Crippen LogP contribution in [0.5, 0.6) is 0 Å². The maximum absolute atomic E-state index is 11.9. The molecule has 5 heteroatoms. The van der Waals surface area contributed by atoms with Crippen molar-refractivity contribution in [1.82, 2.24) is 5.32 Å². The molecule has 0 radical (unpaired) electrons. The molecule has 17 heavy (non-hydrogen) atoms.